The average molecular weight is 309 g/mol. The van der Waals surface area contributed by atoms with Crippen LogP contribution in [0.2, 0.25) is 0 Å². The predicted molar refractivity (Wildman–Crippen MR) is 80.7 cm³/mol. The standard InChI is InChI=1S/C14H19N3O3S/c1-2-3-9-15-13(18)8-10-16-14-11-6-4-5-7-12(11)21(19,20)17-14/h4-7H,2-3,8-10H2,1H3,(H,15,18)(H,16,17). The van der Waals surface area contributed by atoms with E-state index < -0.39 is 10.0 Å². The molecule has 1 aromatic carbocycles. The van der Waals surface area contributed by atoms with Crippen LogP contribution in [0.1, 0.15) is 31.7 Å². The Morgan fingerprint density at radius 1 is 1.33 bits per heavy atom. The van der Waals surface area contributed by atoms with E-state index in [-0.39, 0.29) is 23.8 Å². The Kier molecular flexibility index (Phi) is 4.95. The van der Waals surface area contributed by atoms with Crippen LogP contribution in [0.25, 0.3) is 0 Å². The minimum Gasteiger partial charge on any atom is -0.356 e. The van der Waals surface area contributed by atoms with Crippen LogP contribution in [-0.4, -0.2) is 33.3 Å². The summed E-state index contributed by atoms with van der Waals surface area (Å²) in [6.45, 7) is 2.98. The average Bonchev–Trinajstić information content (AvgIpc) is 2.71. The SMILES string of the molecule is CCCCNC(=O)CCN=C1NS(=O)(=O)c2ccccc21. The van der Waals surface area contributed by atoms with Gasteiger partial charge < -0.3 is 5.32 Å². The molecule has 0 radical (unpaired) electrons. The van der Waals surface area contributed by atoms with E-state index in [1.165, 1.54) is 6.07 Å². The first-order valence-electron chi connectivity index (χ1n) is 6.98. The molecule has 1 aliphatic heterocycles. The Morgan fingerprint density at radius 2 is 2.10 bits per heavy atom. The van der Waals surface area contributed by atoms with Gasteiger partial charge in [0.2, 0.25) is 5.91 Å². The number of unbranched alkanes of at least 4 members (excludes halogenated alkanes) is 1. The first kappa shape index (κ1) is 15.5. The molecule has 1 heterocycles. The molecule has 0 bridgehead atoms. The second kappa shape index (κ2) is 6.71. The third-order valence-electron chi connectivity index (χ3n) is 3.12. The van der Waals surface area contributed by atoms with Crippen molar-refractivity contribution in [1.29, 1.82) is 0 Å². The van der Waals surface area contributed by atoms with E-state index in [2.05, 4.69) is 22.0 Å². The van der Waals surface area contributed by atoms with Crippen molar-refractivity contribution in [3.8, 4) is 0 Å². The van der Waals surface area contributed by atoms with Gasteiger partial charge in [-0.15, -0.1) is 0 Å². The molecule has 0 saturated carbocycles. The van der Waals surface area contributed by atoms with E-state index >= 15 is 0 Å². The number of fused-ring (bicyclic) bond motifs is 1. The zero-order chi connectivity index (χ0) is 15.3. The second-order valence-corrected chi connectivity index (χ2v) is 6.44. The highest BCUT2D eigenvalue weighted by Gasteiger charge is 2.29. The number of carbonyl (C=O) groups excluding carboxylic acids is 1. The number of hydrogen-bond acceptors (Lipinski definition) is 4. The number of benzene rings is 1. The number of rotatable bonds is 6. The highest BCUT2D eigenvalue weighted by atomic mass is 32.2. The monoisotopic (exact) mass is 309 g/mol. The number of amides is 1. The van der Waals surface area contributed by atoms with Gasteiger partial charge in [-0.2, -0.15) is 0 Å². The van der Waals surface area contributed by atoms with E-state index in [4.69, 9.17) is 0 Å². The van der Waals surface area contributed by atoms with Crippen LogP contribution in [0, 0.1) is 0 Å². The number of aliphatic imine (C=N–C) groups is 1. The molecule has 0 spiro atoms. The Labute approximate surface area is 124 Å². The first-order chi connectivity index (χ1) is 10.0. The van der Waals surface area contributed by atoms with E-state index in [1.807, 2.05) is 0 Å². The predicted octanol–water partition coefficient (Wildman–Crippen LogP) is 1.03. The molecule has 7 heteroatoms. The van der Waals surface area contributed by atoms with Crippen molar-refractivity contribution in [3.05, 3.63) is 29.8 Å². The van der Waals surface area contributed by atoms with Gasteiger partial charge in [0.15, 0.2) is 0 Å². The fourth-order valence-corrected chi connectivity index (χ4v) is 3.26. The summed E-state index contributed by atoms with van der Waals surface area (Å²) in [7, 11) is -3.50. The molecular formula is C14H19N3O3S. The molecule has 0 fully saturated rings. The van der Waals surface area contributed by atoms with Crippen molar-refractivity contribution >= 4 is 21.8 Å². The minimum absolute atomic E-state index is 0.0676. The maximum Gasteiger partial charge on any atom is 0.263 e. The molecule has 1 aliphatic rings. The van der Waals surface area contributed by atoms with Gasteiger partial charge in [-0.05, 0) is 18.6 Å². The second-order valence-electron chi connectivity index (χ2n) is 4.79. The fraction of sp³-hybridized carbons (Fsp3) is 0.429. The highest BCUT2D eigenvalue weighted by molar-refractivity contribution is 7.90. The van der Waals surface area contributed by atoms with Crippen LogP contribution in [-0.2, 0) is 14.8 Å². The number of nitrogens with zero attached hydrogens (tertiary/aromatic N) is 1. The highest BCUT2D eigenvalue weighted by Crippen LogP contribution is 2.21. The van der Waals surface area contributed by atoms with Crippen LogP contribution >= 0.6 is 0 Å². The molecule has 1 amide bonds. The molecular weight excluding hydrogens is 290 g/mol. The largest absolute Gasteiger partial charge is 0.356 e. The maximum absolute atomic E-state index is 11.9. The Hall–Kier alpha value is -1.89. The molecule has 2 N–H and O–H groups in total. The van der Waals surface area contributed by atoms with Crippen molar-refractivity contribution in [2.75, 3.05) is 13.1 Å². The van der Waals surface area contributed by atoms with Gasteiger partial charge in [0.05, 0.1) is 11.4 Å². The summed E-state index contributed by atoms with van der Waals surface area (Å²) in [4.78, 5) is 16.0. The van der Waals surface area contributed by atoms with Gasteiger partial charge in [-0.1, -0.05) is 25.5 Å². The molecule has 21 heavy (non-hydrogen) atoms. The van der Waals surface area contributed by atoms with Gasteiger partial charge >= 0.3 is 0 Å². The molecule has 0 aromatic heterocycles. The maximum atomic E-state index is 11.9. The quantitative estimate of drug-likeness (QED) is 0.769. The number of carbonyl (C=O) groups is 1. The lowest BCUT2D eigenvalue weighted by Gasteiger charge is -2.03. The smallest absolute Gasteiger partial charge is 0.263 e. The molecule has 2 rings (SSSR count). The Bertz CT molecular complexity index is 653. The summed E-state index contributed by atoms with van der Waals surface area (Å²) < 4.78 is 26.1. The summed E-state index contributed by atoms with van der Waals surface area (Å²) in [6, 6.07) is 6.67. The van der Waals surface area contributed by atoms with Gasteiger partial charge in [-0.25, -0.2) is 8.42 Å². The third kappa shape index (κ3) is 3.81. The molecule has 0 atom stereocenters. The van der Waals surface area contributed by atoms with Crippen LogP contribution < -0.4 is 10.0 Å². The van der Waals surface area contributed by atoms with Crippen molar-refractivity contribution in [1.82, 2.24) is 10.0 Å². The van der Waals surface area contributed by atoms with E-state index in [0.29, 0.717) is 17.9 Å². The Balaban J connectivity index is 1.96. The normalized spacial score (nSPS) is 17.3. The Morgan fingerprint density at radius 3 is 2.86 bits per heavy atom. The lowest BCUT2D eigenvalue weighted by molar-refractivity contribution is -0.120. The summed E-state index contributed by atoms with van der Waals surface area (Å²) in [5.41, 5.74) is 0.559. The number of amidine groups is 1. The van der Waals surface area contributed by atoms with Crippen LogP contribution in [0.15, 0.2) is 34.2 Å². The number of hydrogen-bond donors (Lipinski definition) is 2. The lowest BCUT2D eigenvalue weighted by atomic mass is 10.2. The van der Waals surface area contributed by atoms with Crippen molar-refractivity contribution in [2.45, 2.75) is 31.1 Å². The first-order valence-corrected chi connectivity index (χ1v) is 8.46. The summed E-state index contributed by atoms with van der Waals surface area (Å²) >= 11 is 0. The van der Waals surface area contributed by atoms with Crippen LogP contribution in [0.5, 0.6) is 0 Å². The topological polar surface area (TPSA) is 87.6 Å². The lowest BCUT2D eigenvalue weighted by Crippen LogP contribution is -2.26. The molecule has 1 aromatic rings. The van der Waals surface area contributed by atoms with Gasteiger partial charge in [0.25, 0.3) is 10.0 Å². The number of sulfonamides is 1. The van der Waals surface area contributed by atoms with Crippen molar-refractivity contribution < 1.29 is 13.2 Å². The zero-order valence-electron chi connectivity index (χ0n) is 11.9. The van der Waals surface area contributed by atoms with Crippen molar-refractivity contribution in [3.63, 3.8) is 0 Å². The van der Waals surface area contributed by atoms with E-state index in [0.717, 1.165) is 12.8 Å². The third-order valence-corrected chi connectivity index (χ3v) is 4.52. The van der Waals surface area contributed by atoms with Gasteiger partial charge in [0, 0.05) is 18.5 Å². The summed E-state index contributed by atoms with van der Waals surface area (Å²) in [5.74, 6) is 0.244. The summed E-state index contributed by atoms with van der Waals surface area (Å²) in [5, 5.41) is 2.80. The molecule has 0 unspecified atom stereocenters. The molecule has 0 aliphatic carbocycles. The van der Waals surface area contributed by atoms with Crippen molar-refractivity contribution in [2.24, 2.45) is 4.99 Å². The fourth-order valence-electron chi connectivity index (χ4n) is 2.01. The number of nitrogens with one attached hydrogen (secondary N) is 2. The van der Waals surface area contributed by atoms with Crippen LogP contribution in [0.3, 0.4) is 0 Å². The van der Waals surface area contributed by atoms with E-state index in [1.54, 1.807) is 18.2 Å². The van der Waals surface area contributed by atoms with Gasteiger partial charge in [0.1, 0.15) is 5.84 Å². The van der Waals surface area contributed by atoms with Gasteiger partial charge in [-0.3, -0.25) is 14.5 Å². The van der Waals surface area contributed by atoms with Crippen LogP contribution in [0.4, 0.5) is 0 Å². The minimum atomic E-state index is -3.50. The summed E-state index contributed by atoms with van der Waals surface area (Å²) in [6.07, 6.45) is 2.23. The molecule has 0 saturated heterocycles. The molecule has 114 valence electrons. The van der Waals surface area contributed by atoms with E-state index in [9.17, 15) is 13.2 Å². The zero-order valence-corrected chi connectivity index (χ0v) is 12.7. The molecule has 6 nitrogen and oxygen atoms in total.